The average molecular weight is 403 g/mol. The standard InChI is InChI=1S/C25H30N4O/c1-20-6-4-7-22(18-20)27-25(30)11-10-21-12-16-28(17-13-21)19-23-8-5-15-29(23)24-9-2-3-14-26-24/h2-9,14-15,18,21H,10-13,16-17,19H2,1H3,(H,27,30). The molecule has 5 nitrogen and oxygen atoms in total. The number of aryl methyl sites for hydroxylation is 1. The van der Waals surface area contributed by atoms with E-state index in [1.165, 1.54) is 5.69 Å². The number of likely N-dealkylation sites (tertiary alicyclic amines) is 1. The lowest BCUT2D eigenvalue weighted by atomic mass is 9.92. The molecule has 3 heterocycles. The van der Waals surface area contributed by atoms with Crippen molar-refractivity contribution in [2.45, 2.75) is 39.2 Å². The lowest BCUT2D eigenvalue weighted by molar-refractivity contribution is -0.116. The minimum absolute atomic E-state index is 0.121. The zero-order valence-electron chi connectivity index (χ0n) is 17.6. The van der Waals surface area contributed by atoms with Crippen molar-refractivity contribution in [3.05, 3.63) is 78.2 Å². The first kappa shape index (κ1) is 20.4. The molecule has 0 radical (unpaired) electrons. The Kier molecular flexibility index (Phi) is 6.60. The second-order valence-electron chi connectivity index (χ2n) is 8.23. The number of aromatic nitrogens is 2. The van der Waals surface area contributed by atoms with Crippen molar-refractivity contribution in [1.82, 2.24) is 14.5 Å². The van der Waals surface area contributed by atoms with Crippen LogP contribution in [-0.2, 0) is 11.3 Å². The maximum atomic E-state index is 12.3. The summed E-state index contributed by atoms with van der Waals surface area (Å²) in [7, 11) is 0. The minimum Gasteiger partial charge on any atom is -0.326 e. The van der Waals surface area contributed by atoms with Crippen molar-refractivity contribution in [3.8, 4) is 5.82 Å². The number of carbonyl (C=O) groups is 1. The van der Waals surface area contributed by atoms with E-state index in [-0.39, 0.29) is 5.91 Å². The molecule has 30 heavy (non-hydrogen) atoms. The Balaban J connectivity index is 1.22. The highest BCUT2D eigenvalue weighted by molar-refractivity contribution is 5.90. The zero-order chi connectivity index (χ0) is 20.8. The van der Waals surface area contributed by atoms with E-state index in [4.69, 9.17) is 0 Å². The Morgan fingerprint density at radius 1 is 1.10 bits per heavy atom. The van der Waals surface area contributed by atoms with Crippen LogP contribution in [0.2, 0.25) is 0 Å². The summed E-state index contributed by atoms with van der Waals surface area (Å²) in [5.74, 6) is 1.72. The summed E-state index contributed by atoms with van der Waals surface area (Å²) in [5, 5.41) is 3.02. The van der Waals surface area contributed by atoms with Gasteiger partial charge in [-0.05, 0) is 87.2 Å². The molecule has 3 aromatic rings. The second-order valence-corrected chi connectivity index (χ2v) is 8.23. The Labute approximate surface area is 178 Å². The van der Waals surface area contributed by atoms with Crippen LogP contribution in [0.1, 0.15) is 36.9 Å². The molecule has 0 spiro atoms. The molecular weight excluding hydrogens is 372 g/mol. The van der Waals surface area contributed by atoms with Crippen LogP contribution in [0.5, 0.6) is 0 Å². The summed E-state index contributed by atoms with van der Waals surface area (Å²) in [4.78, 5) is 19.3. The molecule has 1 amide bonds. The summed E-state index contributed by atoms with van der Waals surface area (Å²) in [6, 6.07) is 18.2. The topological polar surface area (TPSA) is 50.2 Å². The van der Waals surface area contributed by atoms with Gasteiger partial charge in [0.25, 0.3) is 0 Å². The number of nitrogens with zero attached hydrogens (tertiary/aromatic N) is 3. The fourth-order valence-electron chi connectivity index (χ4n) is 4.21. The van der Waals surface area contributed by atoms with Crippen LogP contribution in [0.4, 0.5) is 5.69 Å². The van der Waals surface area contributed by atoms with Crippen LogP contribution in [0, 0.1) is 12.8 Å². The minimum atomic E-state index is 0.121. The third-order valence-electron chi connectivity index (χ3n) is 5.90. The van der Waals surface area contributed by atoms with Crippen LogP contribution in [0.3, 0.4) is 0 Å². The fourth-order valence-corrected chi connectivity index (χ4v) is 4.21. The van der Waals surface area contributed by atoms with Gasteiger partial charge in [-0.15, -0.1) is 0 Å². The normalized spacial score (nSPS) is 15.2. The van der Waals surface area contributed by atoms with Gasteiger partial charge < -0.3 is 9.88 Å². The molecule has 0 unspecified atom stereocenters. The molecule has 0 aliphatic carbocycles. The molecular formula is C25H30N4O. The van der Waals surface area contributed by atoms with E-state index in [0.29, 0.717) is 12.3 Å². The SMILES string of the molecule is Cc1cccc(NC(=O)CCC2CCN(Cc3cccn3-c3ccccn3)CC2)c1. The molecule has 2 aromatic heterocycles. The Morgan fingerprint density at radius 3 is 2.73 bits per heavy atom. The average Bonchev–Trinajstić information content (AvgIpc) is 3.22. The Morgan fingerprint density at radius 2 is 1.97 bits per heavy atom. The first-order valence-corrected chi connectivity index (χ1v) is 10.8. The molecule has 1 aliphatic heterocycles. The summed E-state index contributed by atoms with van der Waals surface area (Å²) in [6.07, 6.45) is 7.79. The van der Waals surface area contributed by atoms with Gasteiger partial charge >= 0.3 is 0 Å². The lowest BCUT2D eigenvalue weighted by Gasteiger charge is -2.32. The van der Waals surface area contributed by atoms with Crippen molar-refractivity contribution in [3.63, 3.8) is 0 Å². The number of hydrogen-bond acceptors (Lipinski definition) is 3. The number of nitrogens with one attached hydrogen (secondary N) is 1. The van der Waals surface area contributed by atoms with Crippen LogP contribution in [0.15, 0.2) is 67.0 Å². The van der Waals surface area contributed by atoms with Gasteiger partial charge in [-0.25, -0.2) is 4.98 Å². The molecule has 1 aliphatic rings. The number of amides is 1. The molecule has 1 N–H and O–H groups in total. The van der Waals surface area contributed by atoms with E-state index in [1.54, 1.807) is 0 Å². The summed E-state index contributed by atoms with van der Waals surface area (Å²) < 4.78 is 2.17. The van der Waals surface area contributed by atoms with E-state index >= 15 is 0 Å². The van der Waals surface area contributed by atoms with Gasteiger partial charge in [-0.3, -0.25) is 9.69 Å². The van der Waals surface area contributed by atoms with Crippen molar-refractivity contribution in [2.24, 2.45) is 5.92 Å². The smallest absolute Gasteiger partial charge is 0.224 e. The summed E-state index contributed by atoms with van der Waals surface area (Å²) >= 11 is 0. The highest BCUT2D eigenvalue weighted by Gasteiger charge is 2.21. The van der Waals surface area contributed by atoms with Crippen LogP contribution >= 0.6 is 0 Å². The first-order valence-electron chi connectivity index (χ1n) is 10.8. The van der Waals surface area contributed by atoms with Crippen LogP contribution < -0.4 is 5.32 Å². The third-order valence-corrected chi connectivity index (χ3v) is 5.90. The second kappa shape index (κ2) is 9.72. The highest BCUT2D eigenvalue weighted by Crippen LogP contribution is 2.24. The van der Waals surface area contributed by atoms with Crippen molar-refractivity contribution < 1.29 is 4.79 Å². The molecule has 0 saturated carbocycles. The van der Waals surface area contributed by atoms with Crippen molar-refractivity contribution in [1.29, 1.82) is 0 Å². The van der Waals surface area contributed by atoms with E-state index < -0.39 is 0 Å². The molecule has 1 saturated heterocycles. The lowest BCUT2D eigenvalue weighted by Crippen LogP contribution is -2.34. The van der Waals surface area contributed by atoms with Gasteiger partial charge in [0.1, 0.15) is 5.82 Å². The van der Waals surface area contributed by atoms with Crippen molar-refractivity contribution in [2.75, 3.05) is 18.4 Å². The number of benzene rings is 1. The van der Waals surface area contributed by atoms with Gasteiger partial charge in [0.15, 0.2) is 0 Å². The predicted molar refractivity (Wildman–Crippen MR) is 121 cm³/mol. The summed E-state index contributed by atoms with van der Waals surface area (Å²) in [5.41, 5.74) is 3.32. The van der Waals surface area contributed by atoms with Gasteiger partial charge in [-0.2, -0.15) is 0 Å². The number of piperidine rings is 1. The van der Waals surface area contributed by atoms with Gasteiger partial charge in [0.2, 0.25) is 5.91 Å². The van der Waals surface area contributed by atoms with E-state index in [2.05, 4.69) is 38.1 Å². The molecule has 4 rings (SSSR count). The van der Waals surface area contributed by atoms with E-state index in [0.717, 1.165) is 56.0 Å². The number of rotatable bonds is 7. The number of pyridine rings is 1. The molecule has 0 atom stereocenters. The van der Waals surface area contributed by atoms with E-state index in [1.807, 2.05) is 55.6 Å². The largest absolute Gasteiger partial charge is 0.326 e. The third kappa shape index (κ3) is 5.36. The highest BCUT2D eigenvalue weighted by atomic mass is 16.1. The number of hydrogen-bond donors (Lipinski definition) is 1. The maximum absolute atomic E-state index is 12.3. The number of anilines is 1. The first-order chi connectivity index (χ1) is 14.7. The van der Waals surface area contributed by atoms with E-state index in [9.17, 15) is 4.79 Å². The molecule has 156 valence electrons. The van der Waals surface area contributed by atoms with Gasteiger partial charge in [-0.1, -0.05) is 18.2 Å². The molecule has 0 bridgehead atoms. The van der Waals surface area contributed by atoms with Crippen LogP contribution in [0.25, 0.3) is 5.82 Å². The van der Waals surface area contributed by atoms with Gasteiger partial charge in [0.05, 0.1) is 0 Å². The monoisotopic (exact) mass is 402 g/mol. The molecule has 1 fully saturated rings. The van der Waals surface area contributed by atoms with Crippen molar-refractivity contribution >= 4 is 11.6 Å². The number of carbonyl (C=O) groups excluding carboxylic acids is 1. The predicted octanol–water partition coefficient (Wildman–Crippen LogP) is 4.81. The van der Waals surface area contributed by atoms with Gasteiger partial charge in [0, 0.05) is 36.7 Å². The zero-order valence-corrected chi connectivity index (χ0v) is 17.6. The maximum Gasteiger partial charge on any atom is 0.224 e. The molecule has 1 aromatic carbocycles. The quantitative estimate of drug-likeness (QED) is 0.617. The Bertz CT molecular complexity index is 958. The van der Waals surface area contributed by atoms with Crippen LogP contribution in [-0.4, -0.2) is 33.4 Å². The Hall–Kier alpha value is -2.92. The molecule has 5 heteroatoms. The summed E-state index contributed by atoms with van der Waals surface area (Å²) in [6.45, 7) is 5.13. The fraction of sp³-hybridized carbons (Fsp3) is 0.360.